The Balaban J connectivity index is 1.70. The standard InChI is InChI=1S/C16H12ClN3OS/c17-13-5-3-12(4-6-13)11-18-19-16(21)15-14(7-10-22-15)20-8-1-2-9-20/h1-11H,(H,19,21)/b18-11+. The van der Waals surface area contributed by atoms with Crippen molar-refractivity contribution in [3.8, 4) is 5.69 Å². The van der Waals surface area contributed by atoms with Crippen molar-refractivity contribution in [1.29, 1.82) is 0 Å². The van der Waals surface area contributed by atoms with Crippen molar-refractivity contribution in [3.05, 3.63) is 75.7 Å². The van der Waals surface area contributed by atoms with Crippen molar-refractivity contribution in [2.75, 3.05) is 0 Å². The predicted octanol–water partition coefficient (Wildman–Crippen LogP) is 3.96. The number of hydrogen-bond donors (Lipinski definition) is 1. The van der Waals surface area contributed by atoms with Crippen molar-refractivity contribution in [2.45, 2.75) is 0 Å². The highest BCUT2D eigenvalue weighted by molar-refractivity contribution is 7.12. The summed E-state index contributed by atoms with van der Waals surface area (Å²) in [5.74, 6) is -0.232. The van der Waals surface area contributed by atoms with Gasteiger partial charge in [-0.3, -0.25) is 4.79 Å². The lowest BCUT2D eigenvalue weighted by molar-refractivity contribution is 0.0959. The molecule has 6 heteroatoms. The van der Waals surface area contributed by atoms with Crippen molar-refractivity contribution in [1.82, 2.24) is 9.99 Å². The quantitative estimate of drug-likeness (QED) is 0.571. The molecule has 0 saturated carbocycles. The third kappa shape index (κ3) is 3.27. The molecule has 0 radical (unpaired) electrons. The van der Waals surface area contributed by atoms with Gasteiger partial charge in [0.2, 0.25) is 0 Å². The Morgan fingerprint density at radius 2 is 1.91 bits per heavy atom. The number of hydrazone groups is 1. The van der Waals surface area contributed by atoms with Crippen molar-refractivity contribution in [3.63, 3.8) is 0 Å². The number of benzene rings is 1. The largest absolute Gasteiger partial charge is 0.322 e. The van der Waals surface area contributed by atoms with Gasteiger partial charge in [0, 0.05) is 17.4 Å². The van der Waals surface area contributed by atoms with Gasteiger partial charge in [0.25, 0.3) is 5.91 Å². The molecule has 3 aromatic rings. The van der Waals surface area contributed by atoms with E-state index in [1.165, 1.54) is 11.3 Å². The molecule has 2 aromatic heterocycles. The van der Waals surface area contributed by atoms with Crippen LogP contribution in [-0.2, 0) is 0 Å². The molecule has 1 amide bonds. The van der Waals surface area contributed by atoms with Crippen molar-refractivity contribution >= 4 is 35.1 Å². The smallest absolute Gasteiger partial charge is 0.283 e. The SMILES string of the molecule is O=C(N/N=C/c1ccc(Cl)cc1)c1sccc1-n1cccc1. The molecule has 0 aliphatic heterocycles. The molecule has 0 saturated heterocycles. The lowest BCUT2D eigenvalue weighted by atomic mass is 10.2. The van der Waals surface area contributed by atoms with Gasteiger partial charge in [-0.05, 0) is 41.3 Å². The minimum Gasteiger partial charge on any atom is -0.322 e. The molecule has 0 aliphatic carbocycles. The molecule has 0 fully saturated rings. The summed E-state index contributed by atoms with van der Waals surface area (Å²) >= 11 is 7.19. The third-order valence-corrected chi connectivity index (χ3v) is 4.14. The van der Waals surface area contributed by atoms with Crippen LogP contribution < -0.4 is 5.43 Å². The lowest BCUT2D eigenvalue weighted by Gasteiger charge is -2.03. The molecule has 0 aliphatic rings. The number of carbonyl (C=O) groups excluding carboxylic acids is 1. The Kier molecular flexibility index (Phi) is 4.37. The first-order valence-electron chi connectivity index (χ1n) is 6.54. The van der Waals surface area contributed by atoms with Gasteiger partial charge < -0.3 is 4.57 Å². The average molecular weight is 330 g/mol. The van der Waals surface area contributed by atoms with E-state index >= 15 is 0 Å². The van der Waals surface area contributed by atoms with E-state index in [1.54, 1.807) is 18.3 Å². The maximum Gasteiger partial charge on any atom is 0.283 e. The summed E-state index contributed by atoms with van der Waals surface area (Å²) in [4.78, 5) is 12.8. The fourth-order valence-corrected chi connectivity index (χ4v) is 2.84. The molecule has 22 heavy (non-hydrogen) atoms. The molecule has 3 rings (SSSR count). The highest BCUT2D eigenvalue weighted by atomic mass is 35.5. The first-order valence-corrected chi connectivity index (χ1v) is 7.79. The van der Waals surface area contributed by atoms with E-state index in [0.29, 0.717) is 9.90 Å². The second-order valence-electron chi connectivity index (χ2n) is 4.48. The zero-order chi connectivity index (χ0) is 15.4. The van der Waals surface area contributed by atoms with Gasteiger partial charge in [-0.25, -0.2) is 5.43 Å². The van der Waals surface area contributed by atoms with Crippen molar-refractivity contribution in [2.24, 2.45) is 5.10 Å². The number of rotatable bonds is 4. The minimum absolute atomic E-state index is 0.232. The van der Waals surface area contributed by atoms with Gasteiger partial charge >= 0.3 is 0 Å². The van der Waals surface area contributed by atoms with Gasteiger partial charge in [0.15, 0.2) is 0 Å². The van der Waals surface area contributed by atoms with Crippen LogP contribution in [0.1, 0.15) is 15.2 Å². The number of amides is 1. The molecular formula is C16H12ClN3OS. The molecule has 110 valence electrons. The second-order valence-corrected chi connectivity index (χ2v) is 5.83. The number of halogens is 1. The van der Waals surface area contributed by atoms with Gasteiger partial charge in [-0.1, -0.05) is 23.7 Å². The lowest BCUT2D eigenvalue weighted by Crippen LogP contribution is -2.17. The summed E-state index contributed by atoms with van der Waals surface area (Å²) in [5.41, 5.74) is 4.25. The molecule has 1 aromatic carbocycles. The monoisotopic (exact) mass is 329 g/mol. The Labute approximate surface area is 136 Å². The van der Waals surface area contributed by atoms with E-state index in [-0.39, 0.29) is 5.91 Å². The van der Waals surface area contributed by atoms with E-state index in [4.69, 9.17) is 11.6 Å². The van der Waals surface area contributed by atoms with Gasteiger partial charge in [-0.2, -0.15) is 5.10 Å². The van der Waals surface area contributed by atoms with E-state index in [2.05, 4.69) is 10.5 Å². The number of carbonyl (C=O) groups is 1. The maximum absolute atomic E-state index is 12.2. The van der Waals surface area contributed by atoms with E-state index in [9.17, 15) is 4.79 Å². The molecule has 0 atom stereocenters. The zero-order valence-electron chi connectivity index (χ0n) is 11.4. The maximum atomic E-state index is 12.2. The predicted molar refractivity (Wildman–Crippen MR) is 90.2 cm³/mol. The molecule has 0 spiro atoms. The van der Waals surface area contributed by atoms with Crippen LogP contribution in [0.3, 0.4) is 0 Å². The van der Waals surface area contributed by atoms with Crippen LogP contribution in [0, 0.1) is 0 Å². The highest BCUT2D eigenvalue weighted by Crippen LogP contribution is 2.21. The minimum atomic E-state index is -0.232. The topological polar surface area (TPSA) is 46.4 Å². The third-order valence-electron chi connectivity index (χ3n) is 2.98. The van der Waals surface area contributed by atoms with Crippen LogP contribution in [0.15, 0.2) is 65.3 Å². The van der Waals surface area contributed by atoms with Crippen LogP contribution >= 0.6 is 22.9 Å². The number of thiophene rings is 1. The van der Waals surface area contributed by atoms with Gasteiger partial charge in [-0.15, -0.1) is 11.3 Å². The summed E-state index contributed by atoms with van der Waals surface area (Å²) < 4.78 is 1.90. The summed E-state index contributed by atoms with van der Waals surface area (Å²) in [6, 6.07) is 12.9. The zero-order valence-corrected chi connectivity index (χ0v) is 13.0. The molecule has 0 unspecified atom stereocenters. The fourth-order valence-electron chi connectivity index (χ4n) is 1.94. The Bertz CT molecular complexity index is 791. The van der Waals surface area contributed by atoms with Gasteiger partial charge in [0.05, 0.1) is 11.9 Å². The van der Waals surface area contributed by atoms with Crippen molar-refractivity contribution < 1.29 is 4.79 Å². The van der Waals surface area contributed by atoms with E-state index in [1.807, 2.05) is 52.7 Å². The Morgan fingerprint density at radius 3 is 2.64 bits per heavy atom. The number of aromatic nitrogens is 1. The second kappa shape index (κ2) is 6.60. The van der Waals surface area contributed by atoms with Gasteiger partial charge in [0.1, 0.15) is 4.88 Å². The molecule has 0 bridgehead atoms. The Hall–Kier alpha value is -2.37. The van der Waals surface area contributed by atoms with Crippen LogP contribution in [0.5, 0.6) is 0 Å². The normalized spacial score (nSPS) is 11.0. The number of nitrogens with zero attached hydrogens (tertiary/aromatic N) is 2. The van der Waals surface area contributed by atoms with E-state index < -0.39 is 0 Å². The van der Waals surface area contributed by atoms with Crippen LogP contribution in [0.4, 0.5) is 0 Å². The molecular weight excluding hydrogens is 318 g/mol. The van der Waals surface area contributed by atoms with Crippen LogP contribution in [0.25, 0.3) is 5.69 Å². The molecule has 2 heterocycles. The molecule has 1 N–H and O–H groups in total. The number of hydrogen-bond acceptors (Lipinski definition) is 3. The first kappa shape index (κ1) is 14.6. The first-order chi connectivity index (χ1) is 10.7. The summed E-state index contributed by atoms with van der Waals surface area (Å²) in [6.07, 6.45) is 5.38. The average Bonchev–Trinajstić information content (AvgIpc) is 3.19. The summed E-state index contributed by atoms with van der Waals surface area (Å²) in [6.45, 7) is 0. The van der Waals surface area contributed by atoms with E-state index in [0.717, 1.165) is 11.3 Å². The number of nitrogens with one attached hydrogen (secondary N) is 1. The van der Waals surface area contributed by atoms with Crippen LogP contribution in [0.2, 0.25) is 5.02 Å². The van der Waals surface area contributed by atoms with Crippen LogP contribution in [-0.4, -0.2) is 16.7 Å². The fraction of sp³-hybridized carbons (Fsp3) is 0. The molecule has 4 nitrogen and oxygen atoms in total. The summed E-state index contributed by atoms with van der Waals surface area (Å²) in [5, 5.41) is 6.52. The summed E-state index contributed by atoms with van der Waals surface area (Å²) in [7, 11) is 0. The highest BCUT2D eigenvalue weighted by Gasteiger charge is 2.13. The Morgan fingerprint density at radius 1 is 1.18 bits per heavy atom.